The van der Waals surface area contributed by atoms with Crippen molar-refractivity contribution in [3.63, 3.8) is 0 Å². The van der Waals surface area contributed by atoms with Gasteiger partial charge in [0.1, 0.15) is 17.1 Å². The van der Waals surface area contributed by atoms with E-state index in [2.05, 4.69) is 25.2 Å². The fraction of sp³-hybridized carbons (Fsp3) is 0.364. The van der Waals surface area contributed by atoms with Gasteiger partial charge >= 0.3 is 17.9 Å². The van der Waals surface area contributed by atoms with E-state index >= 15 is 0 Å². The molecule has 0 bridgehead atoms. The predicted molar refractivity (Wildman–Crippen MR) is 173 cm³/mol. The maximum Gasteiger partial charge on any atom is 0.519 e. The molecule has 0 aliphatic heterocycles. The third-order valence-corrected chi connectivity index (χ3v) is 7.53. The Labute approximate surface area is 290 Å². The van der Waals surface area contributed by atoms with Crippen LogP contribution in [0.5, 0.6) is 0 Å². The first-order valence-corrected chi connectivity index (χ1v) is 15.9. The number of nitrogens with zero attached hydrogens (tertiary/aromatic N) is 7. The molecule has 0 aliphatic rings. The lowest BCUT2D eigenvalue weighted by atomic mass is 9.98. The molecule has 18 heteroatoms. The first-order valence-electron chi connectivity index (χ1n) is 15.9. The highest BCUT2D eigenvalue weighted by Gasteiger charge is 2.33. The van der Waals surface area contributed by atoms with Crippen molar-refractivity contribution in [3.8, 4) is 22.5 Å². The minimum absolute atomic E-state index is 0.0758. The van der Waals surface area contributed by atoms with Crippen LogP contribution in [0.3, 0.4) is 0 Å². The zero-order valence-corrected chi connectivity index (χ0v) is 28.3. The Morgan fingerprint density at radius 2 is 1.73 bits per heavy atom. The monoisotopic (exact) mass is 707 g/mol. The predicted octanol–water partition coefficient (Wildman–Crippen LogP) is 4.03. The maximum atomic E-state index is 13.6. The van der Waals surface area contributed by atoms with Gasteiger partial charge in [0.15, 0.2) is 23.8 Å². The number of imidazole rings is 1. The molecule has 0 radical (unpaired) electrons. The summed E-state index contributed by atoms with van der Waals surface area (Å²) >= 11 is 0. The summed E-state index contributed by atoms with van der Waals surface area (Å²) < 4.78 is 22.2. The average Bonchev–Trinajstić information content (AvgIpc) is 3.81. The lowest BCUT2D eigenvalue weighted by Gasteiger charge is -2.17. The molecule has 0 amide bonds. The Hall–Kier alpha value is -5.53. The summed E-state index contributed by atoms with van der Waals surface area (Å²) in [5, 5.41) is 39.7. The number of ether oxygens (including phenoxy) is 2. The average molecular weight is 708 g/mol. The third kappa shape index (κ3) is 8.99. The fourth-order valence-electron chi connectivity index (χ4n) is 5.15. The van der Waals surface area contributed by atoms with E-state index in [-0.39, 0.29) is 61.5 Å². The van der Waals surface area contributed by atoms with E-state index in [1.54, 1.807) is 16.7 Å². The number of rotatable bonds is 15. The highest BCUT2D eigenvalue weighted by molar-refractivity contribution is 5.89. The SMILES string of the molecule is CCCc1nc(C(C)(C)O)c(C(=O)OCc2oc(=O)oc2C)n1Cc1ccc(-c2ccccc2-c2nnn(C(=O)OCCCON(O)O)n2)cc1. The molecule has 51 heavy (non-hydrogen) atoms. The number of esters is 1. The number of carbonyl (C=O) groups excluding carboxylic acids is 2. The molecule has 18 nitrogen and oxygen atoms in total. The second-order valence-corrected chi connectivity index (χ2v) is 11.8. The lowest BCUT2D eigenvalue weighted by Crippen LogP contribution is -2.23. The minimum atomic E-state index is -1.47. The fourth-order valence-corrected chi connectivity index (χ4v) is 5.15. The molecule has 0 unspecified atom stereocenters. The van der Waals surface area contributed by atoms with Crippen molar-refractivity contribution in [2.45, 2.75) is 65.7 Å². The zero-order chi connectivity index (χ0) is 36.7. The van der Waals surface area contributed by atoms with Gasteiger partial charge in [0.25, 0.3) is 0 Å². The highest BCUT2D eigenvalue weighted by atomic mass is 17.1. The summed E-state index contributed by atoms with van der Waals surface area (Å²) in [5.41, 5.74) is 1.75. The van der Waals surface area contributed by atoms with Crippen LogP contribution in [-0.2, 0) is 39.5 Å². The normalized spacial score (nSPS) is 11.7. The smallest absolute Gasteiger partial charge is 0.453 e. The van der Waals surface area contributed by atoms with E-state index in [4.69, 9.17) is 28.7 Å². The van der Waals surface area contributed by atoms with Crippen molar-refractivity contribution < 1.29 is 48.3 Å². The number of benzene rings is 2. The van der Waals surface area contributed by atoms with Gasteiger partial charge in [-0.05, 0) is 49.1 Å². The molecule has 5 aromatic rings. The van der Waals surface area contributed by atoms with Crippen molar-refractivity contribution >= 4 is 12.1 Å². The van der Waals surface area contributed by atoms with Crippen molar-refractivity contribution in [1.29, 1.82) is 0 Å². The van der Waals surface area contributed by atoms with Gasteiger partial charge < -0.3 is 28.0 Å². The van der Waals surface area contributed by atoms with Crippen LogP contribution in [0, 0.1) is 6.92 Å². The van der Waals surface area contributed by atoms with E-state index < -0.39 is 28.9 Å². The summed E-state index contributed by atoms with van der Waals surface area (Å²) in [6.45, 7) is 6.27. The van der Waals surface area contributed by atoms with Gasteiger partial charge in [-0.25, -0.2) is 19.4 Å². The first-order chi connectivity index (χ1) is 24.3. The molecule has 0 saturated carbocycles. The quantitative estimate of drug-likeness (QED) is 0.0792. The summed E-state index contributed by atoms with van der Waals surface area (Å²) in [6, 6.07) is 14.9. The van der Waals surface area contributed by atoms with Crippen LogP contribution >= 0.6 is 0 Å². The molecule has 0 aliphatic carbocycles. The van der Waals surface area contributed by atoms with E-state index in [0.717, 1.165) is 27.9 Å². The summed E-state index contributed by atoms with van der Waals surface area (Å²) in [7, 11) is 0. The van der Waals surface area contributed by atoms with E-state index in [0.29, 0.717) is 17.8 Å². The van der Waals surface area contributed by atoms with E-state index in [1.165, 1.54) is 20.8 Å². The molecule has 3 aromatic heterocycles. The van der Waals surface area contributed by atoms with Crippen LogP contribution in [0.15, 0.2) is 62.2 Å². The Balaban J connectivity index is 1.37. The van der Waals surface area contributed by atoms with Gasteiger partial charge in [-0.3, -0.25) is 15.3 Å². The number of carbonyl (C=O) groups is 2. The highest BCUT2D eigenvalue weighted by Crippen LogP contribution is 2.31. The van der Waals surface area contributed by atoms with Crippen LogP contribution < -0.4 is 5.82 Å². The number of aromatic nitrogens is 6. The summed E-state index contributed by atoms with van der Waals surface area (Å²) in [4.78, 5) is 47.2. The number of tetrazole rings is 1. The summed E-state index contributed by atoms with van der Waals surface area (Å²) in [5.74, 6) is -0.618. The molecule has 0 saturated heterocycles. The molecule has 0 atom stereocenters. The van der Waals surface area contributed by atoms with E-state index in [1.807, 2.05) is 43.3 Å². The second kappa shape index (κ2) is 16.0. The first kappa shape index (κ1) is 36.7. The molecule has 5 rings (SSSR count). The van der Waals surface area contributed by atoms with Gasteiger partial charge in [-0.1, -0.05) is 60.3 Å². The Kier molecular flexibility index (Phi) is 11.5. The van der Waals surface area contributed by atoms with Gasteiger partial charge in [0.2, 0.25) is 5.82 Å². The van der Waals surface area contributed by atoms with Crippen molar-refractivity contribution in [1.82, 2.24) is 35.1 Å². The van der Waals surface area contributed by atoms with Crippen molar-refractivity contribution in [2.75, 3.05) is 13.2 Å². The molecule has 3 heterocycles. The molecular formula is C33H37N7O11. The number of aliphatic hydroxyl groups is 1. The molecule has 3 N–H and O–H groups in total. The minimum Gasteiger partial charge on any atom is -0.453 e. The van der Waals surface area contributed by atoms with Crippen molar-refractivity contribution in [2.24, 2.45) is 0 Å². The standard InChI is InChI=1S/C33H37N7O11/c1-5-9-26-34-28(33(3,4)44)27(30(41)48-19-25-20(2)50-32(43)51-25)38(26)18-21-12-14-22(15-13-21)23-10-6-7-11-24(23)29-35-37-39(36-29)31(42)47-16-8-17-49-40(45)46/h6-7,10-15,44-46H,5,8-9,16-19H2,1-4H3. The van der Waals surface area contributed by atoms with Crippen molar-refractivity contribution in [3.05, 3.63) is 93.4 Å². The van der Waals surface area contributed by atoms with Crippen LogP contribution in [-0.4, -0.2) is 75.9 Å². The number of hydrogen-bond acceptors (Lipinski definition) is 16. The summed E-state index contributed by atoms with van der Waals surface area (Å²) in [6.07, 6.45) is 0.565. The molecule has 2 aromatic carbocycles. The van der Waals surface area contributed by atoms with Gasteiger partial charge in [-0.2, -0.15) is 0 Å². The van der Waals surface area contributed by atoms with E-state index in [9.17, 15) is 19.5 Å². The molecule has 0 spiro atoms. The Morgan fingerprint density at radius 3 is 2.37 bits per heavy atom. The molecular weight excluding hydrogens is 670 g/mol. The number of aryl methyl sites for hydroxylation is 2. The zero-order valence-electron chi connectivity index (χ0n) is 28.3. The third-order valence-electron chi connectivity index (χ3n) is 7.53. The second-order valence-electron chi connectivity index (χ2n) is 11.8. The largest absolute Gasteiger partial charge is 0.519 e. The van der Waals surface area contributed by atoms with Crippen LogP contribution in [0.2, 0.25) is 0 Å². The number of hydrogen-bond donors (Lipinski definition) is 3. The van der Waals surface area contributed by atoms with Crippen LogP contribution in [0.4, 0.5) is 4.79 Å². The molecule has 0 fully saturated rings. The maximum absolute atomic E-state index is 13.6. The van der Waals surface area contributed by atoms with Gasteiger partial charge in [0.05, 0.1) is 18.6 Å². The molecule has 270 valence electrons. The lowest BCUT2D eigenvalue weighted by molar-refractivity contribution is -0.492. The van der Waals surface area contributed by atoms with Crippen LogP contribution in [0.25, 0.3) is 22.5 Å². The Bertz CT molecular complexity index is 2020. The topological polar surface area (TPSA) is 231 Å². The van der Waals surface area contributed by atoms with Crippen LogP contribution in [0.1, 0.15) is 72.7 Å². The Morgan fingerprint density at radius 1 is 1.00 bits per heavy atom. The van der Waals surface area contributed by atoms with Gasteiger partial charge in [-0.15, -0.1) is 10.2 Å². The van der Waals surface area contributed by atoms with Gasteiger partial charge in [0, 0.05) is 24.9 Å².